The number of hydrogen-bond acceptors (Lipinski definition) is 6. The highest BCUT2D eigenvalue weighted by atomic mass is 16.6. The van der Waals surface area contributed by atoms with E-state index in [0.29, 0.717) is 11.3 Å². The normalized spacial score (nSPS) is 10.1. The molecule has 0 spiro atoms. The van der Waals surface area contributed by atoms with Crippen molar-refractivity contribution in [3.63, 3.8) is 0 Å². The van der Waals surface area contributed by atoms with Gasteiger partial charge < -0.3 is 19.5 Å². The van der Waals surface area contributed by atoms with Gasteiger partial charge in [-0.3, -0.25) is 0 Å². The van der Waals surface area contributed by atoms with Crippen molar-refractivity contribution < 1.29 is 28.6 Å². The van der Waals surface area contributed by atoms with Crippen LogP contribution in [0.4, 0.5) is 4.79 Å². The Labute approximate surface area is 139 Å². The van der Waals surface area contributed by atoms with Crippen LogP contribution in [0.5, 0.6) is 5.75 Å². The lowest BCUT2D eigenvalue weighted by atomic mass is 10.2. The van der Waals surface area contributed by atoms with E-state index in [1.807, 2.05) is 0 Å². The molecule has 7 heteroatoms. The van der Waals surface area contributed by atoms with Crippen LogP contribution in [-0.2, 0) is 19.1 Å². The predicted molar refractivity (Wildman–Crippen MR) is 87.3 cm³/mol. The first-order valence-electron chi connectivity index (χ1n) is 7.06. The molecule has 128 valence electrons. The molecule has 0 atom stereocenters. The van der Waals surface area contributed by atoms with E-state index in [1.165, 1.54) is 20.1 Å². The minimum Gasteiger partial charge on any atom is -0.466 e. The number of carbonyl (C=O) groups excluding carboxylic acids is 3. The molecule has 0 bridgehead atoms. The number of amides is 1. The number of benzene rings is 1. The Hall–Kier alpha value is -3.09. The molecule has 1 amide bonds. The Bertz CT molecular complexity index is 633. The van der Waals surface area contributed by atoms with E-state index in [-0.39, 0.29) is 13.2 Å². The van der Waals surface area contributed by atoms with Crippen molar-refractivity contribution in [3.8, 4) is 5.75 Å². The molecule has 0 fully saturated rings. The van der Waals surface area contributed by atoms with Gasteiger partial charge in [0.2, 0.25) is 0 Å². The maximum atomic E-state index is 11.6. The van der Waals surface area contributed by atoms with E-state index in [2.05, 4.69) is 16.6 Å². The highest BCUT2D eigenvalue weighted by Gasteiger charge is 2.06. The molecular formula is C17H19NO6. The Kier molecular flexibility index (Phi) is 7.77. The van der Waals surface area contributed by atoms with Gasteiger partial charge in [-0.1, -0.05) is 18.7 Å². The van der Waals surface area contributed by atoms with Crippen molar-refractivity contribution in [2.45, 2.75) is 6.92 Å². The minimum atomic E-state index is -0.667. The van der Waals surface area contributed by atoms with Crippen LogP contribution in [0.15, 0.2) is 42.5 Å². The summed E-state index contributed by atoms with van der Waals surface area (Å²) in [5.41, 5.74) is 1.04. The Morgan fingerprint density at radius 1 is 1.21 bits per heavy atom. The van der Waals surface area contributed by atoms with E-state index < -0.39 is 18.0 Å². The van der Waals surface area contributed by atoms with Gasteiger partial charge >= 0.3 is 18.0 Å². The first-order valence-corrected chi connectivity index (χ1v) is 7.06. The quantitative estimate of drug-likeness (QED) is 0.467. The molecule has 1 aromatic carbocycles. The molecule has 0 aliphatic carbocycles. The van der Waals surface area contributed by atoms with Gasteiger partial charge in [-0.05, 0) is 30.7 Å². The highest BCUT2D eigenvalue weighted by Crippen LogP contribution is 2.13. The monoisotopic (exact) mass is 333 g/mol. The van der Waals surface area contributed by atoms with Gasteiger partial charge in [0, 0.05) is 11.6 Å². The molecule has 1 rings (SSSR count). The smallest absolute Gasteiger partial charge is 0.412 e. The topological polar surface area (TPSA) is 90.9 Å². The fraction of sp³-hybridized carbons (Fsp3) is 0.235. The molecule has 0 aliphatic rings. The summed E-state index contributed by atoms with van der Waals surface area (Å²) in [6, 6.07) is 6.52. The third-order valence-corrected chi connectivity index (χ3v) is 2.66. The van der Waals surface area contributed by atoms with Crippen LogP contribution in [0.1, 0.15) is 12.5 Å². The number of ether oxygens (including phenoxy) is 3. The van der Waals surface area contributed by atoms with Crippen LogP contribution in [-0.4, -0.2) is 38.3 Å². The first-order chi connectivity index (χ1) is 11.4. The van der Waals surface area contributed by atoms with Crippen LogP contribution in [0.3, 0.4) is 0 Å². The molecule has 0 heterocycles. The predicted octanol–water partition coefficient (Wildman–Crippen LogP) is 2.08. The van der Waals surface area contributed by atoms with E-state index in [9.17, 15) is 14.4 Å². The summed E-state index contributed by atoms with van der Waals surface area (Å²) in [4.78, 5) is 33.7. The maximum absolute atomic E-state index is 11.6. The molecule has 1 N–H and O–H groups in total. The second-order valence-corrected chi connectivity index (χ2v) is 4.66. The van der Waals surface area contributed by atoms with Crippen molar-refractivity contribution >= 4 is 24.1 Å². The molecule has 0 aromatic heterocycles. The van der Waals surface area contributed by atoms with E-state index in [1.54, 1.807) is 30.3 Å². The lowest BCUT2D eigenvalue weighted by molar-refractivity contribution is -0.138. The molecule has 7 nitrogen and oxygen atoms in total. The van der Waals surface area contributed by atoms with Crippen LogP contribution < -0.4 is 10.1 Å². The number of esters is 2. The van der Waals surface area contributed by atoms with Crippen molar-refractivity contribution in [3.05, 3.63) is 48.1 Å². The van der Waals surface area contributed by atoms with Gasteiger partial charge in [-0.15, -0.1) is 0 Å². The summed E-state index contributed by atoms with van der Waals surface area (Å²) >= 11 is 0. The molecular weight excluding hydrogens is 314 g/mol. The van der Waals surface area contributed by atoms with Crippen molar-refractivity contribution in [1.29, 1.82) is 0 Å². The maximum Gasteiger partial charge on any atom is 0.412 e. The molecule has 0 aliphatic heterocycles. The Morgan fingerprint density at radius 2 is 1.88 bits per heavy atom. The minimum absolute atomic E-state index is 0.0258. The van der Waals surface area contributed by atoms with Crippen LogP contribution in [0, 0.1) is 0 Å². The molecule has 0 saturated heterocycles. The van der Waals surface area contributed by atoms with Crippen LogP contribution >= 0.6 is 0 Å². The van der Waals surface area contributed by atoms with Crippen LogP contribution in [0.2, 0.25) is 0 Å². The largest absolute Gasteiger partial charge is 0.466 e. The zero-order valence-corrected chi connectivity index (χ0v) is 13.5. The number of nitrogens with one attached hydrogen (secondary N) is 1. The summed E-state index contributed by atoms with van der Waals surface area (Å²) in [7, 11) is 1.29. The summed E-state index contributed by atoms with van der Waals surface area (Å²) in [6.07, 6.45) is 2.19. The molecule has 0 saturated carbocycles. The fourth-order valence-corrected chi connectivity index (χ4v) is 1.44. The number of hydrogen-bond donors (Lipinski definition) is 1. The second kappa shape index (κ2) is 9.83. The molecule has 24 heavy (non-hydrogen) atoms. The molecule has 0 unspecified atom stereocenters. The van der Waals surface area contributed by atoms with Crippen molar-refractivity contribution in [2.24, 2.45) is 0 Å². The first kappa shape index (κ1) is 19.0. The lowest BCUT2D eigenvalue weighted by Crippen LogP contribution is -2.30. The molecule has 1 aromatic rings. The van der Waals surface area contributed by atoms with E-state index >= 15 is 0 Å². The number of rotatable bonds is 7. The van der Waals surface area contributed by atoms with Crippen molar-refractivity contribution in [2.75, 3.05) is 20.3 Å². The summed E-state index contributed by atoms with van der Waals surface area (Å²) in [5, 5.41) is 2.44. The average molecular weight is 333 g/mol. The third kappa shape index (κ3) is 7.26. The zero-order valence-electron chi connectivity index (χ0n) is 13.5. The highest BCUT2D eigenvalue weighted by molar-refractivity contribution is 5.87. The summed E-state index contributed by atoms with van der Waals surface area (Å²) < 4.78 is 14.4. The standard InChI is InChI=1S/C17H19NO6/c1-12(2)16(20)23-11-10-18-17(21)24-14-7-4-13(5-8-14)6-9-15(19)22-3/h4-9H,1,10-11H2,2-3H3,(H,18,21)/b9-6+. The lowest BCUT2D eigenvalue weighted by Gasteiger charge is -2.07. The van der Waals surface area contributed by atoms with Gasteiger partial charge in [-0.25, -0.2) is 14.4 Å². The van der Waals surface area contributed by atoms with Gasteiger partial charge in [-0.2, -0.15) is 0 Å². The number of methoxy groups -OCH3 is 1. The SMILES string of the molecule is C=C(C)C(=O)OCCNC(=O)Oc1ccc(/C=C/C(=O)OC)cc1. The Morgan fingerprint density at radius 3 is 2.46 bits per heavy atom. The van der Waals surface area contributed by atoms with E-state index in [4.69, 9.17) is 9.47 Å². The summed E-state index contributed by atoms with van der Waals surface area (Å²) in [5.74, 6) is -0.635. The van der Waals surface area contributed by atoms with Crippen LogP contribution in [0.25, 0.3) is 6.08 Å². The van der Waals surface area contributed by atoms with Gasteiger partial charge in [0.25, 0.3) is 0 Å². The molecule has 0 radical (unpaired) electrons. The van der Waals surface area contributed by atoms with E-state index in [0.717, 1.165) is 5.56 Å². The zero-order chi connectivity index (χ0) is 17.9. The average Bonchev–Trinajstić information content (AvgIpc) is 2.57. The van der Waals surface area contributed by atoms with Gasteiger partial charge in [0.05, 0.1) is 13.7 Å². The third-order valence-electron chi connectivity index (χ3n) is 2.66. The summed E-state index contributed by atoms with van der Waals surface area (Å²) in [6.45, 7) is 5.13. The van der Waals surface area contributed by atoms with Gasteiger partial charge in [0.15, 0.2) is 0 Å². The number of carbonyl (C=O) groups is 3. The Balaban J connectivity index is 2.37. The fourth-order valence-electron chi connectivity index (χ4n) is 1.44. The van der Waals surface area contributed by atoms with Crippen molar-refractivity contribution in [1.82, 2.24) is 5.32 Å². The van der Waals surface area contributed by atoms with Gasteiger partial charge in [0.1, 0.15) is 12.4 Å². The second-order valence-electron chi connectivity index (χ2n) is 4.66.